The van der Waals surface area contributed by atoms with E-state index in [-0.39, 0.29) is 11.9 Å². The number of halogens is 1. The summed E-state index contributed by atoms with van der Waals surface area (Å²) in [5.41, 5.74) is 2.69. The third-order valence-corrected chi connectivity index (χ3v) is 4.95. The molecule has 0 aliphatic carbocycles. The minimum absolute atomic E-state index is 0.196. The normalized spacial score (nSPS) is 18.6. The average Bonchev–Trinajstić information content (AvgIpc) is 3.04. The molecule has 1 aliphatic heterocycles. The van der Waals surface area contributed by atoms with Crippen molar-refractivity contribution in [2.75, 3.05) is 6.54 Å². The summed E-state index contributed by atoms with van der Waals surface area (Å²) >= 11 is 0. The van der Waals surface area contributed by atoms with Gasteiger partial charge in [-0.3, -0.25) is 9.88 Å². The molecular formula is C21H22FN3O. The zero-order valence-corrected chi connectivity index (χ0v) is 14.6. The SMILES string of the molecule is Fc1ccc(-c2cc([C@@H]3CCCCCN3Cc3ccccn3)on2)cc1. The van der Waals surface area contributed by atoms with E-state index in [1.165, 1.54) is 31.4 Å². The number of hydrogen-bond acceptors (Lipinski definition) is 4. The summed E-state index contributed by atoms with van der Waals surface area (Å²) in [6.07, 6.45) is 6.47. The highest BCUT2D eigenvalue weighted by atomic mass is 19.1. The molecule has 26 heavy (non-hydrogen) atoms. The molecule has 0 bridgehead atoms. The molecule has 3 aromatic rings. The number of likely N-dealkylation sites (tertiary alicyclic amines) is 1. The Kier molecular flexibility index (Phi) is 5.07. The van der Waals surface area contributed by atoms with Crippen LogP contribution in [0, 0.1) is 5.82 Å². The van der Waals surface area contributed by atoms with Crippen LogP contribution in [0.3, 0.4) is 0 Å². The fraction of sp³-hybridized carbons (Fsp3) is 0.333. The Balaban J connectivity index is 1.58. The molecular weight excluding hydrogens is 329 g/mol. The minimum atomic E-state index is -0.247. The van der Waals surface area contributed by atoms with Gasteiger partial charge in [-0.1, -0.05) is 24.1 Å². The molecule has 0 saturated carbocycles. The van der Waals surface area contributed by atoms with E-state index in [4.69, 9.17) is 4.52 Å². The summed E-state index contributed by atoms with van der Waals surface area (Å²) in [6.45, 7) is 1.83. The van der Waals surface area contributed by atoms with Crippen LogP contribution in [0.25, 0.3) is 11.3 Å². The zero-order chi connectivity index (χ0) is 17.8. The molecule has 1 aromatic carbocycles. The van der Waals surface area contributed by atoms with Gasteiger partial charge in [-0.25, -0.2) is 4.39 Å². The van der Waals surface area contributed by atoms with Gasteiger partial charge in [0.2, 0.25) is 0 Å². The largest absolute Gasteiger partial charge is 0.359 e. The summed E-state index contributed by atoms with van der Waals surface area (Å²) in [5.74, 6) is 0.630. The van der Waals surface area contributed by atoms with Crippen LogP contribution in [0.2, 0.25) is 0 Å². The van der Waals surface area contributed by atoms with Crippen molar-refractivity contribution in [2.24, 2.45) is 0 Å². The second kappa shape index (κ2) is 7.79. The summed E-state index contributed by atoms with van der Waals surface area (Å²) in [7, 11) is 0. The number of benzene rings is 1. The molecule has 1 saturated heterocycles. The van der Waals surface area contributed by atoms with E-state index in [0.29, 0.717) is 0 Å². The predicted molar refractivity (Wildman–Crippen MR) is 97.8 cm³/mol. The van der Waals surface area contributed by atoms with Crippen molar-refractivity contribution >= 4 is 0 Å². The van der Waals surface area contributed by atoms with E-state index in [0.717, 1.165) is 42.2 Å². The molecule has 0 radical (unpaired) electrons. The molecule has 134 valence electrons. The lowest BCUT2D eigenvalue weighted by Crippen LogP contribution is -2.28. The second-order valence-corrected chi connectivity index (χ2v) is 6.78. The van der Waals surface area contributed by atoms with Crippen LogP contribution in [0.4, 0.5) is 4.39 Å². The lowest BCUT2D eigenvalue weighted by molar-refractivity contribution is 0.158. The maximum Gasteiger partial charge on any atom is 0.154 e. The first-order valence-corrected chi connectivity index (χ1v) is 9.16. The number of pyridine rings is 1. The van der Waals surface area contributed by atoms with Crippen molar-refractivity contribution in [3.05, 3.63) is 72.0 Å². The number of nitrogens with zero attached hydrogens (tertiary/aromatic N) is 3. The molecule has 0 unspecified atom stereocenters. The Labute approximate surface area is 152 Å². The highest BCUT2D eigenvalue weighted by Gasteiger charge is 2.26. The van der Waals surface area contributed by atoms with Gasteiger partial charge in [0.05, 0.1) is 11.7 Å². The first-order valence-electron chi connectivity index (χ1n) is 9.16. The number of hydrogen-bond donors (Lipinski definition) is 0. The van der Waals surface area contributed by atoms with Gasteiger partial charge in [0.1, 0.15) is 11.5 Å². The highest BCUT2D eigenvalue weighted by Crippen LogP contribution is 2.33. The molecule has 2 aromatic heterocycles. The summed E-state index contributed by atoms with van der Waals surface area (Å²) < 4.78 is 18.9. The molecule has 0 amide bonds. The topological polar surface area (TPSA) is 42.2 Å². The van der Waals surface area contributed by atoms with Crippen molar-refractivity contribution in [2.45, 2.75) is 38.3 Å². The Hall–Kier alpha value is -2.53. The van der Waals surface area contributed by atoms with E-state index >= 15 is 0 Å². The van der Waals surface area contributed by atoms with Gasteiger partial charge in [0.15, 0.2) is 5.76 Å². The van der Waals surface area contributed by atoms with Crippen LogP contribution < -0.4 is 0 Å². The summed E-state index contributed by atoms with van der Waals surface area (Å²) in [5, 5.41) is 4.22. The molecule has 5 heteroatoms. The van der Waals surface area contributed by atoms with Crippen LogP contribution in [0.15, 0.2) is 59.3 Å². The van der Waals surface area contributed by atoms with Crippen LogP contribution >= 0.6 is 0 Å². The first-order chi connectivity index (χ1) is 12.8. The van der Waals surface area contributed by atoms with Crippen LogP contribution in [-0.4, -0.2) is 21.6 Å². The maximum atomic E-state index is 13.1. The highest BCUT2D eigenvalue weighted by molar-refractivity contribution is 5.58. The van der Waals surface area contributed by atoms with E-state index < -0.39 is 0 Å². The van der Waals surface area contributed by atoms with Gasteiger partial charge in [-0.2, -0.15) is 0 Å². The van der Waals surface area contributed by atoms with Gasteiger partial charge in [0, 0.05) is 24.4 Å². The van der Waals surface area contributed by atoms with Gasteiger partial charge < -0.3 is 4.52 Å². The van der Waals surface area contributed by atoms with Gasteiger partial charge in [-0.05, 0) is 55.8 Å². The zero-order valence-electron chi connectivity index (χ0n) is 14.6. The van der Waals surface area contributed by atoms with Crippen LogP contribution in [-0.2, 0) is 6.54 Å². The van der Waals surface area contributed by atoms with Crippen molar-refractivity contribution < 1.29 is 8.91 Å². The molecule has 3 heterocycles. The number of rotatable bonds is 4. The fourth-order valence-corrected chi connectivity index (χ4v) is 3.58. The Morgan fingerprint density at radius 2 is 1.96 bits per heavy atom. The smallest absolute Gasteiger partial charge is 0.154 e. The van der Waals surface area contributed by atoms with Crippen LogP contribution in [0.1, 0.15) is 43.2 Å². The van der Waals surface area contributed by atoms with E-state index in [1.54, 1.807) is 12.1 Å². The molecule has 4 rings (SSSR count). The van der Waals surface area contributed by atoms with E-state index in [9.17, 15) is 4.39 Å². The molecule has 0 N–H and O–H groups in total. The van der Waals surface area contributed by atoms with E-state index in [1.807, 2.05) is 24.4 Å². The Bertz CT molecular complexity index is 832. The minimum Gasteiger partial charge on any atom is -0.359 e. The maximum absolute atomic E-state index is 13.1. The molecule has 1 aliphatic rings. The second-order valence-electron chi connectivity index (χ2n) is 6.78. The molecule has 1 atom stereocenters. The van der Waals surface area contributed by atoms with Gasteiger partial charge in [0.25, 0.3) is 0 Å². The third-order valence-electron chi connectivity index (χ3n) is 4.95. The Morgan fingerprint density at radius 1 is 1.08 bits per heavy atom. The van der Waals surface area contributed by atoms with Crippen molar-refractivity contribution in [3.63, 3.8) is 0 Å². The van der Waals surface area contributed by atoms with Crippen molar-refractivity contribution in [3.8, 4) is 11.3 Å². The standard InChI is InChI=1S/C21H22FN3O/c22-17-10-8-16(9-11-17)19-14-21(26-24-19)20-7-2-1-5-13-25(20)15-18-6-3-4-12-23-18/h3-4,6,8-12,14,20H,1-2,5,7,13,15H2/t20-/m0/s1. The average molecular weight is 351 g/mol. The lowest BCUT2D eigenvalue weighted by atomic mass is 10.1. The van der Waals surface area contributed by atoms with Gasteiger partial charge >= 0.3 is 0 Å². The van der Waals surface area contributed by atoms with Crippen LogP contribution in [0.5, 0.6) is 0 Å². The molecule has 1 fully saturated rings. The first kappa shape index (κ1) is 16.9. The monoisotopic (exact) mass is 351 g/mol. The van der Waals surface area contributed by atoms with Gasteiger partial charge in [-0.15, -0.1) is 0 Å². The lowest BCUT2D eigenvalue weighted by Gasteiger charge is -2.27. The fourth-order valence-electron chi connectivity index (χ4n) is 3.58. The van der Waals surface area contributed by atoms with Crippen molar-refractivity contribution in [1.82, 2.24) is 15.0 Å². The summed E-state index contributed by atoms with van der Waals surface area (Å²) in [4.78, 5) is 6.90. The number of aromatic nitrogens is 2. The predicted octanol–water partition coefficient (Wildman–Crippen LogP) is 4.99. The summed E-state index contributed by atoms with van der Waals surface area (Å²) in [6, 6.07) is 14.6. The van der Waals surface area contributed by atoms with Crippen molar-refractivity contribution in [1.29, 1.82) is 0 Å². The third kappa shape index (κ3) is 3.83. The Morgan fingerprint density at radius 3 is 2.77 bits per heavy atom. The quantitative estimate of drug-likeness (QED) is 0.664. The van der Waals surface area contributed by atoms with E-state index in [2.05, 4.69) is 21.1 Å². The molecule has 0 spiro atoms. The molecule has 4 nitrogen and oxygen atoms in total.